The van der Waals surface area contributed by atoms with Gasteiger partial charge in [-0.25, -0.2) is 0 Å². The summed E-state index contributed by atoms with van der Waals surface area (Å²) in [5, 5.41) is 0.167. The predicted octanol–water partition coefficient (Wildman–Crippen LogP) is 4.77. The second-order valence-electron chi connectivity index (χ2n) is 7.95. The highest BCUT2D eigenvalue weighted by Gasteiger charge is 2.40. The predicted molar refractivity (Wildman–Crippen MR) is 102 cm³/mol. The minimum Gasteiger partial charge on any atom is -0.410 e. The van der Waals surface area contributed by atoms with Gasteiger partial charge in [0.2, 0.25) is 0 Å². The summed E-state index contributed by atoms with van der Waals surface area (Å²) in [5.41, 5.74) is 0.949. The highest BCUT2D eigenvalue weighted by atomic mass is 32.2. The highest BCUT2D eigenvalue weighted by Crippen LogP contribution is 2.39. The molecule has 0 unspecified atom stereocenters. The maximum Gasteiger partial charge on any atom is 0.192 e. The van der Waals surface area contributed by atoms with E-state index in [-0.39, 0.29) is 22.7 Å². The maximum absolute atomic E-state index is 12.1. The second-order valence-corrected chi connectivity index (χ2v) is 13.8. The number of hydrogen-bond acceptors (Lipinski definition) is 4. The molecular formula is C18H32O3SSi. The Kier molecular flexibility index (Phi) is 7.75. The van der Waals surface area contributed by atoms with Crippen molar-refractivity contribution in [1.29, 1.82) is 0 Å². The van der Waals surface area contributed by atoms with Crippen LogP contribution in [0.3, 0.4) is 0 Å². The van der Waals surface area contributed by atoms with Gasteiger partial charge in [0.25, 0.3) is 0 Å². The molecule has 3 nitrogen and oxygen atoms in total. The molecule has 0 fully saturated rings. The SMILES string of the molecule is CC(=O)CSCCCCC1=C[C@H](O[Si](C)(C)C(C)(C)C)CC1=O. The molecule has 0 amide bonds. The van der Waals surface area contributed by atoms with Gasteiger partial charge in [0.15, 0.2) is 14.1 Å². The zero-order valence-corrected chi connectivity index (χ0v) is 17.3. The molecule has 0 heterocycles. The topological polar surface area (TPSA) is 43.4 Å². The number of allylic oxidation sites excluding steroid dienone is 1. The molecule has 0 saturated carbocycles. The van der Waals surface area contributed by atoms with E-state index < -0.39 is 8.32 Å². The Balaban J connectivity index is 2.39. The molecule has 5 heteroatoms. The molecule has 0 bridgehead atoms. The van der Waals surface area contributed by atoms with Gasteiger partial charge in [0.1, 0.15) is 5.78 Å². The average molecular weight is 357 g/mol. The van der Waals surface area contributed by atoms with Gasteiger partial charge in [-0.2, -0.15) is 11.8 Å². The van der Waals surface area contributed by atoms with Gasteiger partial charge < -0.3 is 4.43 Å². The van der Waals surface area contributed by atoms with E-state index >= 15 is 0 Å². The second kappa shape index (κ2) is 8.63. The highest BCUT2D eigenvalue weighted by molar-refractivity contribution is 7.99. The number of carbonyl (C=O) groups is 2. The molecule has 1 atom stereocenters. The zero-order valence-electron chi connectivity index (χ0n) is 15.5. The lowest BCUT2D eigenvalue weighted by molar-refractivity contribution is -0.116. The fourth-order valence-electron chi connectivity index (χ4n) is 2.28. The fraction of sp³-hybridized carbons (Fsp3) is 0.778. The van der Waals surface area contributed by atoms with E-state index in [1.54, 1.807) is 18.7 Å². The first kappa shape index (κ1) is 20.7. The summed E-state index contributed by atoms with van der Waals surface area (Å²) >= 11 is 1.68. The molecular weight excluding hydrogens is 324 g/mol. The van der Waals surface area contributed by atoms with E-state index in [4.69, 9.17) is 4.43 Å². The van der Waals surface area contributed by atoms with Crippen molar-refractivity contribution in [2.24, 2.45) is 0 Å². The van der Waals surface area contributed by atoms with Crippen molar-refractivity contribution in [3.05, 3.63) is 11.6 Å². The van der Waals surface area contributed by atoms with E-state index in [1.165, 1.54) is 0 Å². The van der Waals surface area contributed by atoms with Gasteiger partial charge >= 0.3 is 0 Å². The van der Waals surface area contributed by atoms with Gasteiger partial charge in [-0.05, 0) is 61.7 Å². The number of rotatable bonds is 9. The van der Waals surface area contributed by atoms with Crippen molar-refractivity contribution in [2.75, 3.05) is 11.5 Å². The summed E-state index contributed by atoms with van der Waals surface area (Å²) in [6.07, 6.45) is 5.46. The monoisotopic (exact) mass is 356 g/mol. The van der Waals surface area contributed by atoms with Crippen LogP contribution < -0.4 is 0 Å². The van der Waals surface area contributed by atoms with Crippen LogP contribution in [0.4, 0.5) is 0 Å². The van der Waals surface area contributed by atoms with Crippen LogP contribution in [0.5, 0.6) is 0 Å². The van der Waals surface area contributed by atoms with Crippen LogP contribution in [-0.2, 0) is 14.0 Å². The van der Waals surface area contributed by atoms with Crippen molar-refractivity contribution >= 4 is 31.6 Å². The number of Topliss-reactive ketones (excluding diaryl/α,β-unsaturated/α-hetero) is 2. The molecule has 1 aliphatic rings. The van der Waals surface area contributed by atoms with Crippen LogP contribution >= 0.6 is 11.8 Å². The van der Waals surface area contributed by atoms with E-state index in [0.29, 0.717) is 12.2 Å². The number of carbonyl (C=O) groups excluding carboxylic acids is 2. The third-order valence-corrected chi connectivity index (χ3v) is 10.4. The molecule has 0 N–H and O–H groups in total. The molecule has 0 aromatic rings. The smallest absolute Gasteiger partial charge is 0.192 e. The quantitative estimate of drug-likeness (QED) is 0.441. The first-order valence-electron chi connectivity index (χ1n) is 8.52. The largest absolute Gasteiger partial charge is 0.410 e. The van der Waals surface area contributed by atoms with Crippen LogP contribution in [0.15, 0.2) is 11.6 Å². The standard InChI is InChI=1S/C18H32O3SSi/c1-14(19)13-22-10-8-7-9-15-11-16(12-17(15)20)21-23(5,6)18(2,3)4/h11,16H,7-10,12-13H2,1-6H3/t16-/m0/s1. The van der Waals surface area contributed by atoms with Crippen molar-refractivity contribution in [3.8, 4) is 0 Å². The minimum atomic E-state index is -1.82. The first-order chi connectivity index (χ1) is 10.5. The fourth-order valence-corrected chi connectivity index (χ4v) is 4.38. The number of thioether (sulfide) groups is 1. The van der Waals surface area contributed by atoms with Gasteiger partial charge in [0.05, 0.1) is 11.9 Å². The summed E-state index contributed by atoms with van der Waals surface area (Å²) in [7, 11) is -1.82. The Hall–Kier alpha value is -0.393. The van der Waals surface area contributed by atoms with Gasteiger partial charge in [-0.15, -0.1) is 0 Å². The van der Waals surface area contributed by atoms with Crippen LogP contribution in [0.2, 0.25) is 18.1 Å². The molecule has 0 saturated heterocycles. The van der Waals surface area contributed by atoms with Gasteiger partial charge in [-0.3, -0.25) is 9.59 Å². The van der Waals surface area contributed by atoms with Crippen LogP contribution in [-0.4, -0.2) is 37.5 Å². The molecule has 1 rings (SSSR count). The number of unbranched alkanes of at least 4 members (excludes halogenated alkanes) is 1. The molecule has 1 aliphatic carbocycles. The van der Waals surface area contributed by atoms with Gasteiger partial charge in [0, 0.05) is 6.42 Å². The third kappa shape index (κ3) is 6.94. The Bertz CT molecular complexity index is 463. The van der Waals surface area contributed by atoms with Crippen LogP contribution in [0.25, 0.3) is 0 Å². The van der Waals surface area contributed by atoms with Gasteiger partial charge in [-0.1, -0.05) is 20.8 Å². The lowest BCUT2D eigenvalue weighted by Gasteiger charge is -2.37. The zero-order chi connectivity index (χ0) is 17.7. The average Bonchev–Trinajstić information content (AvgIpc) is 2.71. The molecule has 23 heavy (non-hydrogen) atoms. The molecule has 0 radical (unpaired) electrons. The summed E-state index contributed by atoms with van der Waals surface area (Å²) < 4.78 is 6.34. The minimum absolute atomic E-state index is 0.0227. The number of hydrogen-bond donors (Lipinski definition) is 0. The Morgan fingerprint density at radius 2 is 2.00 bits per heavy atom. The Morgan fingerprint density at radius 1 is 1.35 bits per heavy atom. The van der Waals surface area contributed by atoms with Crippen molar-refractivity contribution in [2.45, 2.75) is 77.6 Å². The Morgan fingerprint density at radius 3 is 2.57 bits per heavy atom. The Labute approximate surface area is 146 Å². The summed E-state index contributed by atoms with van der Waals surface area (Å²) in [6, 6.07) is 0. The van der Waals surface area contributed by atoms with E-state index in [2.05, 4.69) is 39.9 Å². The summed E-state index contributed by atoms with van der Waals surface area (Å²) in [5.74, 6) is 2.08. The molecule has 0 aliphatic heterocycles. The van der Waals surface area contributed by atoms with E-state index in [0.717, 1.165) is 30.6 Å². The van der Waals surface area contributed by atoms with Crippen molar-refractivity contribution in [3.63, 3.8) is 0 Å². The summed E-state index contributed by atoms with van der Waals surface area (Å²) in [6.45, 7) is 12.8. The lowest BCUT2D eigenvalue weighted by Crippen LogP contribution is -2.43. The lowest BCUT2D eigenvalue weighted by atomic mass is 10.1. The molecule has 0 aromatic carbocycles. The van der Waals surface area contributed by atoms with E-state index in [1.807, 2.05) is 0 Å². The molecule has 132 valence electrons. The third-order valence-electron chi connectivity index (χ3n) is 4.67. The maximum atomic E-state index is 12.1. The molecule has 0 spiro atoms. The van der Waals surface area contributed by atoms with Crippen LogP contribution in [0, 0.1) is 0 Å². The van der Waals surface area contributed by atoms with Crippen molar-refractivity contribution in [1.82, 2.24) is 0 Å². The van der Waals surface area contributed by atoms with E-state index in [9.17, 15) is 9.59 Å². The molecule has 0 aromatic heterocycles. The number of ketones is 2. The first-order valence-corrected chi connectivity index (χ1v) is 12.6. The van der Waals surface area contributed by atoms with Crippen LogP contribution in [0.1, 0.15) is 53.4 Å². The normalized spacial score (nSPS) is 19.1. The summed E-state index contributed by atoms with van der Waals surface area (Å²) in [4.78, 5) is 23.0. The van der Waals surface area contributed by atoms with Crippen molar-refractivity contribution < 1.29 is 14.0 Å².